The molecule has 4 aliphatic heterocycles. The van der Waals surface area contributed by atoms with Gasteiger partial charge in [0.15, 0.2) is 5.60 Å². The summed E-state index contributed by atoms with van der Waals surface area (Å²) in [5, 5.41) is 16.6. The number of carbonyl (C=O) groups is 3. The predicted octanol–water partition coefficient (Wildman–Crippen LogP) is 6.04. The number of piperidine rings is 1. The number of ether oxygens (including phenoxy) is 1. The number of halogens is 2. The lowest BCUT2D eigenvalue weighted by molar-refractivity contribution is -0.151. The standard InChI is InChI=1S/C39H46BrFN4O5Si/c1-24-36(51(2,3)41)34(19-35(47)44-22-28-8-5-4-7-26(28)17-31(44)23-46)50-39(24)32-18-29(40)12-15-33(32)45(38(39)49)21-25-10-13-30(14-11-25)43-37(48)27-9-6-16-42-20-27/h4-5,7-8,10-15,18,24,27,31,34,36,42,46H,6,9,16-17,19-23H2,1-3H3,(H,43,48)/t24-,27?,31+,34+,36-,39+/m1/s1. The van der Waals surface area contributed by atoms with Crippen molar-refractivity contribution in [3.05, 3.63) is 93.5 Å². The second-order valence-corrected chi connectivity index (χ2v) is 19.8. The van der Waals surface area contributed by atoms with Crippen LogP contribution in [-0.4, -0.2) is 68.0 Å². The fourth-order valence-corrected chi connectivity index (χ4v) is 11.8. The Morgan fingerprint density at radius 2 is 1.86 bits per heavy atom. The first-order chi connectivity index (χ1) is 24.4. The smallest absolute Gasteiger partial charge is 0.264 e. The number of aliphatic hydroxyl groups is 1. The number of nitrogens with zero attached hydrogens (tertiary/aromatic N) is 2. The van der Waals surface area contributed by atoms with Gasteiger partial charge >= 0.3 is 0 Å². The Bertz CT molecular complexity index is 1820. The first kappa shape index (κ1) is 36.0. The first-order valence-corrected chi connectivity index (χ1v) is 21.7. The lowest BCUT2D eigenvalue weighted by Crippen LogP contribution is -2.48. The number of anilines is 2. The van der Waals surface area contributed by atoms with E-state index in [-0.39, 0.29) is 43.2 Å². The molecule has 0 saturated carbocycles. The number of hydrogen-bond donors (Lipinski definition) is 3. The van der Waals surface area contributed by atoms with Crippen molar-refractivity contribution < 1.29 is 28.3 Å². The van der Waals surface area contributed by atoms with Crippen molar-refractivity contribution in [3.63, 3.8) is 0 Å². The minimum Gasteiger partial charge on any atom is -0.394 e. The first-order valence-electron chi connectivity index (χ1n) is 18.0. The van der Waals surface area contributed by atoms with Gasteiger partial charge in [-0.2, -0.15) is 0 Å². The van der Waals surface area contributed by atoms with Gasteiger partial charge in [-0.3, -0.25) is 14.4 Å². The number of carbonyl (C=O) groups excluding carboxylic acids is 3. The summed E-state index contributed by atoms with van der Waals surface area (Å²) in [7, 11) is -3.50. The summed E-state index contributed by atoms with van der Waals surface area (Å²) in [5.74, 6) is -1.10. The molecule has 0 aromatic heterocycles. The fraction of sp³-hybridized carbons (Fsp3) is 0.462. The Morgan fingerprint density at radius 3 is 2.55 bits per heavy atom. The molecule has 270 valence electrons. The summed E-state index contributed by atoms with van der Waals surface area (Å²) >= 11 is 3.59. The van der Waals surface area contributed by atoms with E-state index in [1.807, 2.05) is 73.7 Å². The van der Waals surface area contributed by atoms with E-state index in [1.165, 1.54) is 0 Å². The molecule has 9 nitrogen and oxygen atoms in total. The fourth-order valence-electron chi connectivity index (χ4n) is 8.90. The van der Waals surface area contributed by atoms with Crippen LogP contribution in [-0.2, 0) is 44.2 Å². The maximum atomic E-state index is 16.5. The number of nitrogens with one attached hydrogen (secondary N) is 2. The topological polar surface area (TPSA) is 111 Å². The zero-order chi connectivity index (χ0) is 36.1. The summed E-state index contributed by atoms with van der Waals surface area (Å²) < 4.78 is 24.1. The van der Waals surface area contributed by atoms with Crippen LogP contribution < -0.4 is 15.5 Å². The zero-order valence-corrected chi connectivity index (χ0v) is 31.9. The summed E-state index contributed by atoms with van der Waals surface area (Å²) in [6.07, 6.45) is 1.46. The van der Waals surface area contributed by atoms with Gasteiger partial charge in [0, 0.05) is 40.3 Å². The largest absolute Gasteiger partial charge is 0.394 e. The summed E-state index contributed by atoms with van der Waals surface area (Å²) in [5.41, 5.74) is 2.94. The molecule has 3 amide bonds. The molecule has 12 heteroatoms. The molecular formula is C39H46BrFN4O5Si. The lowest BCUT2D eigenvalue weighted by atomic mass is 9.82. The van der Waals surface area contributed by atoms with E-state index < -0.39 is 37.6 Å². The average molecular weight is 778 g/mol. The van der Waals surface area contributed by atoms with Crippen LogP contribution in [0.15, 0.2) is 71.2 Å². The predicted molar refractivity (Wildman–Crippen MR) is 200 cm³/mol. The molecule has 1 spiro atoms. The highest BCUT2D eigenvalue weighted by atomic mass is 79.9. The number of aliphatic hydroxyl groups excluding tert-OH is 1. The highest BCUT2D eigenvalue weighted by molar-refractivity contribution is 9.10. The van der Waals surface area contributed by atoms with E-state index in [0.29, 0.717) is 36.4 Å². The van der Waals surface area contributed by atoms with Gasteiger partial charge in [0.1, 0.15) is 0 Å². The third-order valence-electron chi connectivity index (χ3n) is 11.4. The van der Waals surface area contributed by atoms with Crippen LogP contribution in [0, 0.1) is 11.8 Å². The van der Waals surface area contributed by atoms with Crippen LogP contribution in [0.25, 0.3) is 0 Å². The summed E-state index contributed by atoms with van der Waals surface area (Å²) in [6, 6.07) is 20.7. The lowest BCUT2D eigenvalue weighted by Gasteiger charge is -2.37. The summed E-state index contributed by atoms with van der Waals surface area (Å²) in [6.45, 7) is 7.19. The molecule has 2 saturated heterocycles. The van der Waals surface area contributed by atoms with E-state index in [1.54, 1.807) is 22.9 Å². The van der Waals surface area contributed by atoms with E-state index >= 15 is 4.11 Å². The molecule has 3 N–H and O–H groups in total. The van der Waals surface area contributed by atoms with Crippen LogP contribution in [0.2, 0.25) is 18.6 Å². The van der Waals surface area contributed by atoms with Gasteiger partial charge in [0.25, 0.3) is 5.91 Å². The molecule has 4 aliphatic rings. The Kier molecular flexibility index (Phi) is 10.0. The van der Waals surface area contributed by atoms with Gasteiger partial charge in [-0.15, -0.1) is 0 Å². The molecule has 1 unspecified atom stereocenters. The van der Waals surface area contributed by atoms with E-state index in [2.05, 4.69) is 26.6 Å². The van der Waals surface area contributed by atoms with E-state index in [0.717, 1.165) is 40.5 Å². The monoisotopic (exact) mass is 776 g/mol. The third kappa shape index (κ3) is 6.69. The molecule has 0 bridgehead atoms. The van der Waals surface area contributed by atoms with Crippen molar-refractivity contribution in [2.75, 3.05) is 29.9 Å². The molecule has 3 aromatic rings. The van der Waals surface area contributed by atoms with Crippen molar-refractivity contribution >= 4 is 53.4 Å². The second kappa shape index (κ2) is 14.2. The van der Waals surface area contributed by atoms with Gasteiger partial charge in [0.2, 0.25) is 20.2 Å². The molecule has 2 fully saturated rings. The van der Waals surface area contributed by atoms with Crippen LogP contribution in [0.5, 0.6) is 0 Å². The minimum atomic E-state index is -3.50. The molecule has 51 heavy (non-hydrogen) atoms. The molecule has 0 aliphatic carbocycles. The molecule has 7 rings (SSSR count). The number of amides is 3. The van der Waals surface area contributed by atoms with Crippen molar-refractivity contribution in [1.82, 2.24) is 10.2 Å². The molecule has 6 atom stereocenters. The highest BCUT2D eigenvalue weighted by Gasteiger charge is 2.67. The number of hydrogen-bond acceptors (Lipinski definition) is 6. The van der Waals surface area contributed by atoms with E-state index in [9.17, 15) is 19.5 Å². The Balaban J connectivity index is 1.15. The summed E-state index contributed by atoms with van der Waals surface area (Å²) in [4.78, 5) is 45.1. The highest BCUT2D eigenvalue weighted by Crippen LogP contribution is 2.60. The SMILES string of the molecule is C[C@@H]1[C@@H]([Si](C)(C)F)[C@H](CC(=O)N2Cc3ccccc3C[C@H]2CO)O[C@@]12C(=O)N(Cc1ccc(NC(=O)C3CCCNC3)cc1)c1ccc(Br)cc12. The van der Waals surface area contributed by atoms with Crippen molar-refractivity contribution in [3.8, 4) is 0 Å². The maximum absolute atomic E-state index is 16.5. The Hall–Kier alpha value is -3.42. The van der Waals surface area contributed by atoms with Crippen LogP contribution in [0.3, 0.4) is 0 Å². The molecule has 3 aromatic carbocycles. The quantitative estimate of drug-likeness (QED) is 0.190. The average Bonchev–Trinajstić information content (AvgIpc) is 3.54. The third-order valence-corrected chi connectivity index (χ3v) is 14.4. The van der Waals surface area contributed by atoms with Gasteiger partial charge in [-0.25, -0.2) is 0 Å². The maximum Gasteiger partial charge on any atom is 0.264 e. The van der Waals surface area contributed by atoms with Gasteiger partial charge in [-0.05, 0) is 85.9 Å². The van der Waals surface area contributed by atoms with Crippen molar-refractivity contribution in [1.29, 1.82) is 0 Å². The van der Waals surface area contributed by atoms with Gasteiger partial charge < -0.3 is 34.4 Å². The molecule has 0 radical (unpaired) electrons. The minimum absolute atomic E-state index is 0.00241. The second-order valence-electron chi connectivity index (χ2n) is 15.1. The van der Waals surface area contributed by atoms with Gasteiger partial charge in [0.05, 0.1) is 43.3 Å². The zero-order valence-electron chi connectivity index (χ0n) is 29.3. The number of fused-ring (bicyclic) bond motifs is 3. The Labute approximate surface area is 308 Å². The number of rotatable bonds is 8. The number of benzene rings is 3. The normalized spacial score (nSPS) is 27.4. The van der Waals surface area contributed by atoms with Crippen LogP contribution in [0.4, 0.5) is 15.5 Å². The van der Waals surface area contributed by atoms with Gasteiger partial charge in [-0.1, -0.05) is 59.3 Å². The van der Waals surface area contributed by atoms with Crippen molar-refractivity contribution in [2.24, 2.45) is 11.8 Å². The van der Waals surface area contributed by atoms with Crippen molar-refractivity contribution in [2.45, 2.75) is 82.1 Å². The van der Waals surface area contributed by atoms with Crippen LogP contribution >= 0.6 is 15.9 Å². The van der Waals surface area contributed by atoms with E-state index in [4.69, 9.17) is 4.74 Å². The Morgan fingerprint density at radius 1 is 1.12 bits per heavy atom. The van der Waals surface area contributed by atoms with Crippen LogP contribution in [0.1, 0.15) is 48.4 Å². The molecular weight excluding hydrogens is 731 g/mol. The molecule has 4 heterocycles.